The molecule has 1 aromatic heterocycles. The lowest BCUT2D eigenvalue weighted by atomic mass is 10.1. The Morgan fingerprint density at radius 1 is 1.42 bits per heavy atom. The lowest BCUT2D eigenvalue weighted by molar-refractivity contribution is 0.0364. The van der Waals surface area contributed by atoms with Gasteiger partial charge >= 0.3 is 0 Å². The van der Waals surface area contributed by atoms with Crippen LogP contribution in [0.4, 0.5) is 5.95 Å². The molecule has 2 rings (SSSR count). The maximum Gasteiger partial charge on any atom is 0.205 e. The molecule has 0 unspecified atom stereocenters. The fourth-order valence-electron chi connectivity index (χ4n) is 2.51. The molecule has 2 N–H and O–H groups in total. The van der Waals surface area contributed by atoms with Crippen LogP contribution < -0.4 is 10.6 Å². The van der Waals surface area contributed by atoms with Crippen molar-refractivity contribution in [3.05, 3.63) is 12.4 Å². The molecule has 1 aliphatic heterocycles. The first-order chi connectivity index (χ1) is 9.22. The van der Waals surface area contributed by atoms with E-state index in [9.17, 15) is 0 Å². The van der Waals surface area contributed by atoms with Crippen LogP contribution in [0, 0.1) is 0 Å². The van der Waals surface area contributed by atoms with E-state index >= 15 is 0 Å². The molecule has 0 aromatic carbocycles. The molecule has 1 fully saturated rings. The zero-order chi connectivity index (χ0) is 13.7. The molecule has 5 heteroatoms. The average Bonchev–Trinajstić information content (AvgIpc) is 2.89. The summed E-state index contributed by atoms with van der Waals surface area (Å²) in [6.45, 7) is 7.93. The first-order valence-electron chi connectivity index (χ1n) is 7.32. The van der Waals surface area contributed by atoms with Crippen LogP contribution in [0.2, 0.25) is 0 Å². The van der Waals surface area contributed by atoms with Gasteiger partial charge in [-0.25, -0.2) is 4.98 Å². The van der Waals surface area contributed by atoms with Gasteiger partial charge in [-0.1, -0.05) is 0 Å². The van der Waals surface area contributed by atoms with E-state index in [1.807, 2.05) is 6.20 Å². The molecule has 1 aliphatic rings. The van der Waals surface area contributed by atoms with Gasteiger partial charge in [0.2, 0.25) is 5.95 Å². The lowest BCUT2D eigenvalue weighted by Gasteiger charge is -2.33. The Labute approximate surface area is 115 Å². The Morgan fingerprint density at radius 2 is 2.16 bits per heavy atom. The highest BCUT2D eigenvalue weighted by atomic mass is 16.5. The zero-order valence-corrected chi connectivity index (χ0v) is 12.1. The van der Waals surface area contributed by atoms with Crippen molar-refractivity contribution < 1.29 is 4.74 Å². The third-order valence-electron chi connectivity index (χ3n) is 3.63. The predicted octanol–water partition coefficient (Wildman–Crippen LogP) is 1.80. The number of anilines is 1. The van der Waals surface area contributed by atoms with Gasteiger partial charge in [-0.05, 0) is 39.7 Å². The fraction of sp³-hybridized carbons (Fsp3) is 0.786. The molecule has 0 amide bonds. The molecule has 19 heavy (non-hydrogen) atoms. The van der Waals surface area contributed by atoms with Crippen molar-refractivity contribution in [2.75, 3.05) is 31.1 Å². The summed E-state index contributed by atoms with van der Waals surface area (Å²) in [5.41, 5.74) is 5.48. The Balaban J connectivity index is 1.84. The highest BCUT2D eigenvalue weighted by Crippen LogP contribution is 2.22. The SMILES string of the molecule is CC(C)n1ccnc1N1CCC(OCCCN)CC1. The number of nitrogens with zero attached hydrogens (tertiary/aromatic N) is 3. The van der Waals surface area contributed by atoms with Gasteiger partial charge in [0.1, 0.15) is 0 Å². The van der Waals surface area contributed by atoms with Crippen molar-refractivity contribution in [1.82, 2.24) is 9.55 Å². The van der Waals surface area contributed by atoms with Crippen LogP contribution in [0.5, 0.6) is 0 Å². The monoisotopic (exact) mass is 266 g/mol. The van der Waals surface area contributed by atoms with E-state index in [0.717, 1.165) is 44.9 Å². The van der Waals surface area contributed by atoms with Crippen molar-refractivity contribution in [3.63, 3.8) is 0 Å². The predicted molar refractivity (Wildman–Crippen MR) is 77.5 cm³/mol. The summed E-state index contributed by atoms with van der Waals surface area (Å²) >= 11 is 0. The minimum Gasteiger partial charge on any atom is -0.378 e. The quantitative estimate of drug-likeness (QED) is 0.798. The smallest absolute Gasteiger partial charge is 0.205 e. The van der Waals surface area contributed by atoms with E-state index in [0.29, 0.717) is 18.7 Å². The van der Waals surface area contributed by atoms with Gasteiger partial charge in [0.25, 0.3) is 0 Å². The molecule has 0 bridgehead atoms. The lowest BCUT2D eigenvalue weighted by Crippen LogP contribution is -2.38. The zero-order valence-electron chi connectivity index (χ0n) is 12.1. The van der Waals surface area contributed by atoms with Crippen LogP contribution in [0.3, 0.4) is 0 Å². The van der Waals surface area contributed by atoms with Crippen molar-refractivity contribution in [1.29, 1.82) is 0 Å². The Kier molecular flexibility index (Phi) is 5.22. The summed E-state index contributed by atoms with van der Waals surface area (Å²) in [5.74, 6) is 1.09. The first-order valence-corrected chi connectivity index (χ1v) is 7.32. The highest BCUT2D eigenvalue weighted by molar-refractivity contribution is 5.32. The first kappa shape index (κ1) is 14.3. The average molecular weight is 266 g/mol. The molecule has 1 aromatic rings. The van der Waals surface area contributed by atoms with E-state index in [1.54, 1.807) is 0 Å². The Bertz CT molecular complexity index is 369. The number of piperidine rings is 1. The molecule has 0 saturated carbocycles. The van der Waals surface area contributed by atoms with Crippen molar-refractivity contribution in [2.24, 2.45) is 5.73 Å². The molecule has 1 saturated heterocycles. The minimum absolute atomic E-state index is 0.394. The highest BCUT2D eigenvalue weighted by Gasteiger charge is 2.22. The van der Waals surface area contributed by atoms with Crippen molar-refractivity contribution in [3.8, 4) is 0 Å². The normalized spacial score (nSPS) is 17.4. The van der Waals surface area contributed by atoms with Crippen molar-refractivity contribution >= 4 is 5.95 Å². The van der Waals surface area contributed by atoms with Crippen LogP contribution in [0.1, 0.15) is 39.2 Å². The second-order valence-electron chi connectivity index (χ2n) is 5.43. The van der Waals surface area contributed by atoms with Crippen LogP contribution in [-0.4, -0.2) is 41.9 Å². The molecule has 5 nitrogen and oxygen atoms in total. The largest absolute Gasteiger partial charge is 0.378 e. The van der Waals surface area contributed by atoms with Crippen LogP contribution in [-0.2, 0) is 4.74 Å². The van der Waals surface area contributed by atoms with Crippen LogP contribution in [0.15, 0.2) is 12.4 Å². The Hall–Kier alpha value is -1.07. The molecule has 108 valence electrons. The number of hydrogen-bond acceptors (Lipinski definition) is 4. The summed E-state index contributed by atoms with van der Waals surface area (Å²) in [7, 11) is 0. The third-order valence-corrected chi connectivity index (χ3v) is 3.63. The summed E-state index contributed by atoms with van der Waals surface area (Å²) in [4.78, 5) is 6.86. The van der Waals surface area contributed by atoms with Crippen molar-refractivity contribution in [2.45, 2.75) is 45.3 Å². The van der Waals surface area contributed by atoms with E-state index in [4.69, 9.17) is 10.5 Å². The summed E-state index contributed by atoms with van der Waals surface area (Å²) in [5, 5.41) is 0. The van der Waals surface area contributed by atoms with Gasteiger partial charge in [0, 0.05) is 38.1 Å². The van der Waals surface area contributed by atoms with Gasteiger partial charge < -0.3 is 19.9 Å². The summed E-state index contributed by atoms with van der Waals surface area (Å²) in [6, 6.07) is 0.455. The number of imidazole rings is 1. The molecule has 0 radical (unpaired) electrons. The number of rotatable bonds is 6. The van der Waals surface area contributed by atoms with Gasteiger partial charge in [-0.2, -0.15) is 0 Å². The molecule has 0 atom stereocenters. The second-order valence-corrected chi connectivity index (χ2v) is 5.43. The number of aromatic nitrogens is 2. The second kappa shape index (κ2) is 6.91. The van der Waals surface area contributed by atoms with Gasteiger partial charge in [-0.15, -0.1) is 0 Å². The van der Waals surface area contributed by atoms with E-state index in [-0.39, 0.29) is 0 Å². The standard InChI is InChI=1S/C14H26N4O/c1-12(2)18-10-7-16-14(18)17-8-4-13(5-9-17)19-11-3-6-15/h7,10,12-13H,3-6,8-9,11,15H2,1-2H3. The minimum atomic E-state index is 0.394. The maximum absolute atomic E-state index is 5.83. The van der Waals surface area contributed by atoms with E-state index in [1.165, 1.54) is 0 Å². The topological polar surface area (TPSA) is 56.3 Å². The fourth-order valence-corrected chi connectivity index (χ4v) is 2.51. The molecule has 0 aliphatic carbocycles. The van der Waals surface area contributed by atoms with Gasteiger partial charge in [0.15, 0.2) is 0 Å². The molecular formula is C14H26N4O. The van der Waals surface area contributed by atoms with Gasteiger partial charge in [0.05, 0.1) is 6.10 Å². The summed E-state index contributed by atoms with van der Waals surface area (Å²) in [6.07, 6.45) is 7.46. The molecular weight excluding hydrogens is 240 g/mol. The number of hydrogen-bond donors (Lipinski definition) is 1. The maximum atomic E-state index is 5.83. The summed E-state index contributed by atoms with van der Waals surface area (Å²) < 4.78 is 8.06. The third kappa shape index (κ3) is 3.70. The van der Waals surface area contributed by atoms with E-state index < -0.39 is 0 Å². The number of nitrogens with two attached hydrogens (primary N) is 1. The molecule has 2 heterocycles. The van der Waals surface area contributed by atoms with Crippen LogP contribution >= 0.6 is 0 Å². The van der Waals surface area contributed by atoms with Crippen LogP contribution in [0.25, 0.3) is 0 Å². The van der Waals surface area contributed by atoms with E-state index in [2.05, 4.69) is 34.5 Å². The molecule has 0 spiro atoms. The Morgan fingerprint density at radius 3 is 2.79 bits per heavy atom. The van der Waals surface area contributed by atoms with Gasteiger partial charge in [-0.3, -0.25) is 0 Å². The number of ether oxygens (including phenoxy) is 1.